The van der Waals surface area contributed by atoms with Crippen LogP contribution in [0.25, 0.3) is 0 Å². The van der Waals surface area contributed by atoms with Crippen molar-refractivity contribution in [1.82, 2.24) is 0 Å². The number of morpholine rings is 1. The van der Waals surface area contributed by atoms with E-state index in [9.17, 15) is 9.59 Å². The normalized spacial score (nSPS) is 18.9. The third-order valence-corrected chi connectivity index (χ3v) is 11.1. The minimum Gasteiger partial charge on any atom is -0.497 e. The quantitative estimate of drug-likeness (QED) is 0.0674. The molecule has 2 heterocycles. The van der Waals surface area contributed by atoms with Crippen molar-refractivity contribution in [3.05, 3.63) is 89.0 Å². The number of benzene rings is 3. The second kappa shape index (κ2) is 19.7. The molecule has 298 valence electrons. The first kappa shape index (κ1) is 41.4. The standard InChI is InChI=1S/C43H58N2O10/c1-44(20-17-34-29-40(51-5)41(52-6)30-36(34)37(44)27-32-9-12-35(48-2)13-10-32)18-7-23-54-42(46)15-16-43(47)55-24-8-19-45(21-25-53-26-22-45)31-33-11-14-38(49-3)39(28-33)50-4/h9-16,28-30,37H,7-8,17-27,31H2,1-6H3/q+2/b16-15+/t37-,44-/m1/s1. The molecule has 12 nitrogen and oxygen atoms in total. The maximum Gasteiger partial charge on any atom is 0.331 e. The van der Waals surface area contributed by atoms with Gasteiger partial charge in [-0.2, -0.15) is 0 Å². The molecule has 0 bridgehead atoms. The highest BCUT2D eigenvalue weighted by Crippen LogP contribution is 2.42. The van der Waals surface area contributed by atoms with Crippen molar-refractivity contribution in [2.24, 2.45) is 0 Å². The van der Waals surface area contributed by atoms with Gasteiger partial charge in [-0.15, -0.1) is 0 Å². The lowest BCUT2D eigenvalue weighted by Gasteiger charge is -2.46. The number of likely N-dealkylation sites (N-methyl/N-ethyl adjacent to an activating group) is 1. The SMILES string of the molecule is COc1ccc(C[C@@H]2c3cc(OC)c(OC)cc3CC[N@@+]2(C)CCCOC(=O)/C=C/C(=O)OCCC[N+]2(Cc3ccc(OC)c(OC)c3)CCOCC2)cc1. The van der Waals surface area contributed by atoms with Crippen LogP contribution in [0.1, 0.15) is 41.1 Å². The molecule has 1 fully saturated rings. The first-order valence-corrected chi connectivity index (χ1v) is 19.0. The summed E-state index contributed by atoms with van der Waals surface area (Å²) in [5.74, 6) is 2.53. The summed E-state index contributed by atoms with van der Waals surface area (Å²) in [6.07, 6.45) is 5.35. The molecule has 0 radical (unpaired) electrons. The number of ether oxygens (including phenoxy) is 8. The number of quaternary nitrogens is 2. The van der Waals surface area contributed by atoms with Gasteiger partial charge >= 0.3 is 11.9 Å². The van der Waals surface area contributed by atoms with Crippen molar-refractivity contribution < 1.29 is 56.5 Å². The first-order valence-electron chi connectivity index (χ1n) is 19.0. The summed E-state index contributed by atoms with van der Waals surface area (Å²) in [7, 11) is 10.5. The highest BCUT2D eigenvalue weighted by Gasteiger charge is 2.40. The Bertz CT molecular complexity index is 1750. The summed E-state index contributed by atoms with van der Waals surface area (Å²) in [4.78, 5) is 25.1. The molecule has 2 atom stereocenters. The lowest BCUT2D eigenvalue weighted by atomic mass is 9.86. The van der Waals surface area contributed by atoms with Gasteiger partial charge in [0.15, 0.2) is 23.0 Å². The van der Waals surface area contributed by atoms with Gasteiger partial charge in [0.05, 0.1) is 88.7 Å². The Kier molecular flexibility index (Phi) is 14.8. The van der Waals surface area contributed by atoms with E-state index >= 15 is 0 Å². The van der Waals surface area contributed by atoms with Gasteiger partial charge in [-0.3, -0.25) is 0 Å². The van der Waals surface area contributed by atoms with Crippen molar-refractivity contribution in [3.63, 3.8) is 0 Å². The van der Waals surface area contributed by atoms with Crippen LogP contribution in [0.15, 0.2) is 66.7 Å². The molecule has 0 aromatic heterocycles. The van der Waals surface area contributed by atoms with Crippen molar-refractivity contribution in [2.75, 3.05) is 102 Å². The second-order valence-electron chi connectivity index (χ2n) is 14.5. The van der Waals surface area contributed by atoms with Crippen LogP contribution >= 0.6 is 0 Å². The second-order valence-corrected chi connectivity index (χ2v) is 14.5. The maximum absolute atomic E-state index is 12.6. The minimum atomic E-state index is -0.567. The van der Waals surface area contributed by atoms with E-state index in [4.69, 9.17) is 37.9 Å². The number of nitrogens with zero attached hydrogens (tertiary/aromatic N) is 2. The van der Waals surface area contributed by atoms with Crippen LogP contribution in [-0.4, -0.2) is 123 Å². The highest BCUT2D eigenvalue weighted by atomic mass is 16.5. The summed E-state index contributed by atoms with van der Waals surface area (Å²) in [6, 6.07) is 18.6. The molecule has 0 N–H and O–H groups in total. The van der Waals surface area contributed by atoms with Crippen LogP contribution in [-0.2, 0) is 43.2 Å². The fraction of sp³-hybridized carbons (Fsp3) is 0.488. The molecule has 3 aromatic carbocycles. The number of carbonyl (C=O) groups is 2. The molecule has 5 rings (SSSR count). The molecule has 0 amide bonds. The number of methoxy groups -OCH3 is 5. The van der Waals surface area contributed by atoms with Gasteiger partial charge in [-0.05, 0) is 53.6 Å². The molecule has 55 heavy (non-hydrogen) atoms. The maximum atomic E-state index is 12.6. The van der Waals surface area contributed by atoms with Crippen molar-refractivity contribution >= 4 is 11.9 Å². The van der Waals surface area contributed by atoms with E-state index in [1.807, 2.05) is 24.3 Å². The van der Waals surface area contributed by atoms with Crippen LogP contribution in [0.4, 0.5) is 0 Å². The molecule has 0 saturated carbocycles. The third kappa shape index (κ3) is 10.9. The minimum absolute atomic E-state index is 0.147. The molecule has 1 saturated heterocycles. The van der Waals surface area contributed by atoms with Crippen LogP contribution in [0.2, 0.25) is 0 Å². The largest absolute Gasteiger partial charge is 0.497 e. The van der Waals surface area contributed by atoms with Gasteiger partial charge in [-0.1, -0.05) is 12.1 Å². The fourth-order valence-corrected chi connectivity index (χ4v) is 7.87. The van der Waals surface area contributed by atoms with Gasteiger partial charge in [0.1, 0.15) is 31.4 Å². The number of hydrogen-bond donors (Lipinski definition) is 0. The Labute approximate surface area is 325 Å². The van der Waals surface area contributed by atoms with E-state index in [0.717, 1.165) is 90.3 Å². The van der Waals surface area contributed by atoms with E-state index < -0.39 is 11.9 Å². The molecule has 2 aliphatic rings. The number of esters is 2. The number of hydrogen-bond acceptors (Lipinski definition) is 10. The lowest BCUT2D eigenvalue weighted by Crippen LogP contribution is -2.55. The van der Waals surface area contributed by atoms with Gasteiger partial charge in [-0.25, -0.2) is 9.59 Å². The van der Waals surface area contributed by atoms with Crippen molar-refractivity contribution in [1.29, 1.82) is 0 Å². The summed E-state index contributed by atoms with van der Waals surface area (Å²) in [5.41, 5.74) is 4.84. The zero-order chi connectivity index (χ0) is 39.3. The summed E-state index contributed by atoms with van der Waals surface area (Å²) in [6.45, 7) is 6.94. The molecule has 3 aromatic rings. The summed E-state index contributed by atoms with van der Waals surface area (Å²) in [5, 5.41) is 0. The highest BCUT2D eigenvalue weighted by molar-refractivity contribution is 5.91. The van der Waals surface area contributed by atoms with Crippen LogP contribution < -0.4 is 23.7 Å². The predicted octanol–water partition coefficient (Wildman–Crippen LogP) is 5.49. The van der Waals surface area contributed by atoms with Gasteiger partial charge < -0.3 is 46.9 Å². The van der Waals surface area contributed by atoms with E-state index in [2.05, 4.69) is 37.4 Å². The number of carbonyl (C=O) groups excluding carboxylic acids is 2. The number of rotatable bonds is 19. The van der Waals surface area contributed by atoms with Crippen LogP contribution in [0.5, 0.6) is 28.7 Å². The van der Waals surface area contributed by atoms with E-state index in [1.54, 1.807) is 35.5 Å². The third-order valence-electron chi connectivity index (χ3n) is 11.1. The molecule has 0 unspecified atom stereocenters. The van der Waals surface area contributed by atoms with E-state index in [1.165, 1.54) is 16.7 Å². The molecule has 2 aliphatic heterocycles. The monoisotopic (exact) mass is 762 g/mol. The average Bonchev–Trinajstić information content (AvgIpc) is 3.21. The zero-order valence-corrected chi connectivity index (χ0v) is 33.3. The summed E-state index contributed by atoms with van der Waals surface area (Å²) < 4.78 is 45.8. The lowest BCUT2D eigenvalue weighted by molar-refractivity contribution is -0.947. The smallest absolute Gasteiger partial charge is 0.331 e. The van der Waals surface area contributed by atoms with Crippen LogP contribution in [0, 0.1) is 0 Å². The van der Waals surface area contributed by atoms with Crippen LogP contribution in [0.3, 0.4) is 0 Å². The Morgan fingerprint density at radius 1 is 0.691 bits per heavy atom. The Morgan fingerprint density at radius 2 is 1.27 bits per heavy atom. The fourth-order valence-electron chi connectivity index (χ4n) is 7.87. The van der Waals surface area contributed by atoms with Crippen molar-refractivity contribution in [3.8, 4) is 28.7 Å². The Hall–Kier alpha value is -4.78. The molecule has 0 spiro atoms. The zero-order valence-electron chi connectivity index (χ0n) is 33.3. The van der Waals surface area contributed by atoms with Gasteiger partial charge in [0.25, 0.3) is 0 Å². The van der Waals surface area contributed by atoms with E-state index in [-0.39, 0.29) is 19.3 Å². The van der Waals surface area contributed by atoms with Gasteiger partial charge in [0, 0.05) is 49.0 Å². The molecule has 0 aliphatic carbocycles. The molecular weight excluding hydrogens is 704 g/mol. The van der Waals surface area contributed by atoms with Crippen molar-refractivity contribution in [2.45, 2.75) is 38.3 Å². The average molecular weight is 763 g/mol. The van der Waals surface area contributed by atoms with E-state index in [0.29, 0.717) is 43.3 Å². The topological polar surface area (TPSA) is 108 Å². The Morgan fingerprint density at radius 3 is 1.89 bits per heavy atom. The Balaban J connectivity index is 1.10. The molecular formula is C43H58N2O10+2. The molecule has 12 heteroatoms. The number of fused-ring (bicyclic) bond motifs is 1. The predicted molar refractivity (Wildman–Crippen MR) is 208 cm³/mol. The first-order chi connectivity index (χ1) is 26.6. The summed E-state index contributed by atoms with van der Waals surface area (Å²) >= 11 is 0. The van der Waals surface area contributed by atoms with Gasteiger partial charge in [0.2, 0.25) is 0 Å².